The number of alkyl halides is 3. The van der Waals surface area contributed by atoms with Crippen molar-refractivity contribution in [3.05, 3.63) is 117 Å². The van der Waals surface area contributed by atoms with Crippen molar-refractivity contribution in [3.8, 4) is 0 Å². The maximum atomic E-state index is 14.4. The molecule has 1 unspecified atom stereocenters. The molecule has 1 atom stereocenters. The molecule has 1 aliphatic rings. The number of rotatable bonds is 6. The highest BCUT2D eigenvalue weighted by Gasteiger charge is 2.38. The van der Waals surface area contributed by atoms with Gasteiger partial charge in [-0.25, -0.2) is 13.2 Å². The SMILES string of the molecule is CC1=C(C(=O)Nc2cc(F)c(F)cc2F)C(c2cccc(N([O-])O)c2)C(C(=O)Nc2ccccc2C(F)(F)F)=C(C)N1. The number of allylic oxidation sites excluding steroid dienone is 2. The van der Waals surface area contributed by atoms with E-state index in [9.17, 15) is 46.3 Å². The summed E-state index contributed by atoms with van der Waals surface area (Å²) in [4.78, 5) is 27.2. The Morgan fingerprint density at radius 1 is 0.833 bits per heavy atom. The number of nitrogens with one attached hydrogen (secondary N) is 3. The number of hydrogen-bond acceptors (Lipinski definition) is 6. The molecule has 0 aromatic heterocycles. The van der Waals surface area contributed by atoms with E-state index in [0.717, 1.165) is 24.3 Å². The second-order valence-corrected chi connectivity index (χ2v) is 9.20. The van der Waals surface area contributed by atoms with Crippen LogP contribution in [-0.2, 0) is 15.8 Å². The number of carbonyl (C=O) groups is 2. The van der Waals surface area contributed by atoms with Crippen LogP contribution in [0.1, 0.15) is 30.9 Å². The zero-order chi connectivity index (χ0) is 30.9. The minimum Gasteiger partial charge on any atom is -0.733 e. The van der Waals surface area contributed by atoms with Crippen molar-refractivity contribution < 1.29 is 41.1 Å². The highest BCUT2D eigenvalue weighted by molar-refractivity contribution is 6.12. The first-order chi connectivity index (χ1) is 19.7. The van der Waals surface area contributed by atoms with Crippen LogP contribution in [0, 0.1) is 22.7 Å². The third kappa shape index (κ3) is 6.09. The molecule has 3 aromatic rings. The molecule has 0 bridgehead atoms. The van der Waals surface area contributed by atoms with Gasteiger partial charge in [-0.2, -0.15) is 13.2 Å². The fourth-order valence-electron chi connectivity index (χ4n) is 4.59. The van der Waals surface area contributed by atoms with E-state index < -0.39 is 63.5 Å². The molecule has 0 saturated heterocycles. The van der Waals surface area contributed by atoms with Gasteiger partial charge in [0.25, 0.3) is 11.8 Å². The number of carbonyl (C=O) groups excluding carboxylic acids is 2. The number of para-hydroxylation sites is 1. The Labute approximate surface area is 234 Å². The van der Waals surface area contributed by atoms with Gasteiger partial charge in [0.05, 0.1) is 22.6 Å². The van der Waals surface area contributed by atoms with E-state index in [2.05, 4.69) is 16.0 Å². The number of nitrogens with zero attached hydrogens (tertiary/aromatic N) is 1. The van der Waals surface area contributed by atoms with Crippen LogP contribution in [0.5, 0.6) is 0 Å². The van der Waals surface area contributed by atoms with E-state index in [0.29, 0.717) is 6.07 Å². The first-order valence-electron chi connectivity index (χ1n) is 12.1. The van der Waals surface area contributed by atoms with Crippen molar-refractivity contribution >= 4 is 28.9 Å². The normalized spacial score (nSPS) is 15.3. The Hall–Kier alpha value is -4.82. The van der Waals surface area contributed by atoms with Gasteiger partial charge in [-0.3, -0.25) is 14.8 Å². The average Bonchev–Trinajstić information content (AvgIpc) is 2.90. The van der Waals surface area contributed by atoms with Crippen LogP contribution in [0.2, 0.25) is 0 Å². The summed E-state index contributed by atoms with van der Waals surface area (Å²) in [6.07, 6.45) is -4.82. The summed E-state index contributed by atoms with van der Waals surface area (Å²) in [5.74, 6) is -7.82. The van der Waals surface area contributed by atoms with Gasteiger partial charge in [-0.1, -0.05) is 24.3 Å². The fraction of sp³-hybridized carbons (Fsp3) is 0.143. The Morgan fingerprint density at radius 2 is 1.40 bits per heavy atom. The standard InChI is InChI=1S/C28H21F6N4O4/c1-13-23(26(39)36-21-9-4-3-8-17(21)28(32,33)34)25(15-6-5-7-16(10-15)38(41)42)24(14(2)35-13)27(40)37-22-12-19(30)18(29)11-20(22)31/h3-12,25,35,41H,1-2H3,(H,36,39)(H,37,40)/q-1. The molecule has 0 aliphatic carbocycles. The number of anilines is 3. The van der Waals surface area contributed by atoms with E-state index in [1.807, 2.05) is 0 Å². The molecule has 4 N–H and O–H groups in total. The topological polar surface area (TPSA) is 117 Å². The Kier molecular flexibility index (Phi) is 8.31. The lowest BCUT2D eigenvalue weighted by molar-refractivity contribution is -0.137. The third-order valence-corrected chi connectivity index (χ3v) is 6.41. The van der Waals surface area contributed by atoms with Crippen LogP contribution in [0.4, 0.5) is 43.4 Å². The van der Waals surface area contributed by atoms with Crippen molar-refractivity contribution in [2.75, 3.05) is 15.9 Å². The monoisotopic (exact) mass is 591 g/mol. The van der Waals surface area contributed by atoms with Crippen molar-refractivity contribution in [1.82, 2.24) is 5.32 Å². The smallest absolute Gasteiger partial charge is 0.418 e. The molecule has 4 rings (SSSR count). The van der Waals surface area contributed by atoms with Crippen LogP contribution in [0.3, 0.4) is 0 Å². The van der Waals surface area contributed by atoms with E-state index >= 15 is 0 Å². The molecule has 1 heterocycles. The molecule has 220 valence electrons. The zero-order valence-electron chi connectivity index (χ0n) is 21.7. The largest absolute Gasteiger partial charge is 0.733 e. The minimum atomic E-state index is -4.82. The lowest BCUT2D eigenvalue weighted by atomic mass is 9.79. The van der Waals surface area contributed by atoms with Crippen molar-refractivity contribution in [2.45, 2.75) is 25.9 Å². The number of hydrogen-bond donors (Lipinski definition) is 4. The molecule has 42 heavy (non-hydrogen) atoms. The highest BCUT2D eigenvalue weighted by atomic mass is 19.4. The van der Waals surface area contributed by atoms with Crippen LogP contribution >= 0.6 is 0 Å². The van der Waals surface area contributed by atoms with Gasteiger partial charge >= 0.3 is 6.18 Å². The van der Waals surface area contributed by atoms with Gasteiger partial charge in [0.15, 0.2) is 11.6 Å². The van der Waals surface area contributed by atoms with Gasteiger partial charge < -0.3 is 26.4 Å². The third-order valence-electron chi connectivity index (χ3n) is 6.41. The fourth-order valence-corrected chi connectivity index (χ4v) is 4.59. The molecule has 0 saturated carbocycles. The van der Waals surface area contributed by atoms with E-state index in [4.69, 9.17) is 0 Å². The van der Waals surface area contributed by atoms with E-state index in [-0.39, 0.29) is 39.9 Å². The van der Waals surface area contributed by atoms with E-state index in [1.54, 1.807) is 0 Å². The van der Waals surface area contributed by atoms with E-state index in [1.165, 1.54) is 38.1 Å². The second-order valence-electron chi connectivity index (χ2n) is 9.20. The summed E-state index contributed by atoms with van der Waals surface area (Å²) in [5.41, 5.74) is -3.01. The predicted molar refractivity (Wildman–Crippen MR) is 140 cm³/mol. The van der Waals surface area contributed by atoms with Crippen LogP contribution in [0.25, 0.3) is 0 Å². The molecule has 1 aliphatic heterocycles. The molecule has 8 nitrogen and oxygen atoms in total. The molecular formula is C28H21F6N4O4-. The van der Waals surface area contributed by atoms with Crippen LogP contribution < -0.4 is 21.2 Å². The number of benzene rings is 3. The molecule has 2 amide bonds. The average molecular weight is 591 g/mol. The maximum absolute atomic E-state index is 14.4. The van der Waals surface area contributed by atoms with Gasteiger partial charge in [-0.15, -0.1) is 0 Å². The van der Waals surface area contributed by atoms with Crippen molar-refractivity contribution in [3.63, 3.8) is 0 Å². The molecule has 0 radical (unpaired) electrons. The van der Waals surface area contributed by atoms with Crippen LogP contribution in [0.15, 0.2) is 83.2 Å². The van der Waals surface area contributed by atoms with Gasteiger partial charge in [0.1, 0.15) is 5.82 Å². The summed E-state index contributed by atoms with van der Waals surface area (Å²) in [6.45, 7) is 2.83. The second kappa shape index (κ2) is 11.6. The Morgan fingerprint density at radius 3 is 2.00 bits per heavy atom. The molecule has 14 heteroatoms. The number of amides is 2. The number of halogens is 6. The van der Waals surface area contributed by atoms with Crippen LogP contribution in [-0.4, -0.2) is 17.0 Å². The first-order valence-corrected chi connectivity index (χ1v) is 12.1. The number of dihydropyridines is 1. The van der Waals surface area contributed by atoms with Gasteiger partial charge in [-0.05, 0) is 43.7 Å². The first kappa shape index (κ1) is 30.1. The van der Waals surface area contributed by atoms with Gasteiger partial charge in [0.2, 0.25) is 0 Å². The summed E-state index contributed by atoms with van der Waals surface area (Å²) >= 11 is 0. The zero-order valence-corrected chi connectivity index (χ0v) is 21.7. The molecule has 0 fully saturated rings. The summed E-state index contributed by atoms with van der Waals surface area (Å²) in [5, 5.41) is 27.7. The maximum Gasteiger partial charge on any atom is 0.418 e. The lowest BCUT2D eigenvalue weighted by Crippen LogP contribution is -2.35. The Balaban J connectivity index is 1.83. The van der Waals surface area contributed by atoms with Gasteiger partial charge in [0, 0.05) is 40.6 Å². The lowest BCUT2D eigenvalue weighted by Gasteiger charge is -2.32. The minimum absolute atomic E-state index is 0.0627. The summed E-state index contributed by atoms with van der Waals surface area (Å²) in [7, 11) is 0. The molecule has 3 aromatic carbocycles. The molecule has 0 spiro atoms. The summed E-state index contributed by atoms with van der Waals surface area (Å²) < 4.78 is 82.5. The van der Waals surface area contributed by atoms with Crippen molar-refractivity contribution in [2.24, 2.45) is 0 Å². The summed E-state index contributed by atoms with van der Waals surface area (Å²) in [6, 6.07) is 9.87. The predicted octanol–water partition coefficient (Wildman–Crippen LogP) is 6.33. The van der Waals surface area contributed by atoms with Crippen molar-refractivity contribution in [1.29, 1.82) is 0 Å². The Bertz CT molecular complexity index is 1630. The highest BCUT2D eigenvalue weighted by Crippen LogP contribution is 2.41. The quantitative estimate of drug-likeness (QED) is 0.151. The molecular weight excluding hydrogens is 570 g/mol.